The molecule has 4 heteroatoms. The Bertz CT molecular complexity index is 313. The average Bonchev–Trinajstić information content (AvgIpc) is 2.28. The van der Waals surface area contributed by atoms with E-state index in [0.29, 0.717) is 0 Å². The van der Waals surface area contributed by atoms with Crippen LogP contribution >= 0.6 is 0 Å². The lowest BCUT2D eigenvalue weighted by molar-refractivity contribution is 0.0247. The van der Waals surface area contributed by atoms with Gasteiger partial charge < -0.3 is 10.1 Å². The molecule has 82 valence electrons. The zero-order valence-corrected chi connectivity index (χ0v) is 8.58. The maximum absolute atomic E-state index is 12.8. The molecule has 0 radical (unpaired) electrons. The van der Waals surface area contributed by atoms with Gasteiger partial charge in [-0.05, 0) is 25.3 Å². The molecule has 1 N–H and O–H groups in total. The molecule has 2 heterocycles. The molecule has 0 bridgehead atoms. The van der Waals surface area contributed by atoms with E-state index in [1.807, 2.05) is 0 Å². The predicted octanol–water partition coefficient (Wildman–Crippen LogP) is 2.20. The quantitative estimate of drug-likeness (QED) is 0.776. The van der Waals surface area contributed by atoms with Gasteiger partial charge >= 0.3 is 0 Å². The van der Waals surface area contributed by atoms with Gasteiger partial charge in [0.1, 0.15) is 0 Å². The van der Waals surface area contributed by atoms with Crippen molar-refractivity contribution in [2.75, 3.05) is 18.5 Å². The van der Waals surface area contributed by atoms with Gasteiger partial charge in [-0.2, -0.15) is 4.39 Å². The lowest BCUT2D eigenvalue weighted by atomic mass is 10.1. The summed E-state index contributed by atoms with van der Waals surface area (Å²) < 4.78 is 18.3. The van der Waals surface area contributed by atoms with E-state index in [-0.39, 0.29) is 6.10 Å². The molecular formula is C11H15FN2O. The van der Waals surface area contributed by atoms with Gasteiger partial charge in [-0.3, -0.25) is 0 Å². The zero-order chi connectivity index (χ0) is 10.5. The van der Waals surface area contributed by atoms with Gasteiger partial charge in [-0.1, -0.05) is 0 Å². The molecule has 0 saturated carbocycles. The first-order valence-corrected chi connectivity index (χ1v) is 5.31. The van der Waals surface area contributed by atoms with Crippen molar-refractivity contribution in [1.82, 2.24) is 4.98 Å². The molecule has 1 unspecified atom stereocenters. The fraction of sp³-hybridized carbons (Fsp3) is 0.545. The average molecular weight is 210 g/mol. The molecule has 1 aromatic rings. The van der Waals surface area contributed by atoms with Crippen molar-refractivity contribution >= 4 is 5.69 Å². The number of halogens is 1. The largest absolute Gasteiger partial charge is 0.382 e. The normalized spacial score (nSPS) is 21.3. The first-order valence-electron chi connectivity index (χ1n) is 5.31. The maximum atomic E-state index is 12.8. The molecule has 3 nitrogen and oxygen atoms in total. The third kappa shape index (κ3) is 3.16. The van der Waals surface area contributed by atoms with Crippen molar-refractivity contribution in [3.8, 4) is 0 Å². The number of nitrogens with one attached hydrogen (secondary N) is 1. The van der Waals surface area contributed by atoms with Crippen LogP contribution in [0.4, 0.5) is 10.1 Å². The predicted molar refractivity (Wildman–Crippen MR) is 56.3 cm³/mol. The molecule has 2 rings (SSSR count). The third-order valence-corrected chi connectivity index (χ3v) is 2.53. The Morgan fingerprint density at radius 2 is 2.47 bits per heavy atom. The van der Waals surface area contributed by atoms with Crippen LogP contribution < -0.4 is 5.32 Å². The topological polar surface area (TPSA) is 34.1 Å². The van der Waals surface area contributed by atoms with Gasteiger partial charge in [0.25, 0.3) is 0 Å². The van der Waals surface area contributed by atoms with E-state index in [1.54, 1.807) is 6.07 Å². The van der Waals surface area contributed by atoms with Crippen LogP contribution in [0.25, 0.3) is 0 Å². The van der Waals surface area contributed by atoms with Crippen LogP contribution in [0.3, 0.4) is 0 Å². The Morgan fingerprint density at radius 1 is 1.53 bits per heavy atom. The van der Waals surface area contributed by atoms with E-state index in [1.165, 1.54) is 18.7 Å². The highest BCUT2D eigenvalue weighted by molar-refractivity contribution is 5.41. The number of hydrogen-bond acceptors (Lipinski definition) is 3. The van der Waals surface area contributed by atoms with Gasteiger partial charge in [-0.15, -0.1) is 0 Å². The van der Waals surface area contributed by atoms with Crippen LogP contribution in [0.2, 0.25) is 0 Å². The van der Waals surface area contributed by atoms with E-state index in [9.17, 15) is 4.39 Å². The fourth-order valence-corrected chi connectivity index (χ4v) is 1.71. The van der Waals surface area contributed by atoms with Gasteiger partial charge in [-0.25, -0.2) is 4.98 Å². The molecule has 1 atom stereocenters. The molecule has 0 aliphatic carbocycles. The Morgan fingerprint density at radius 3 is 3.20 bits per heavy atom. The smallest absolute Gasteiger partial charge is 0.214 e. The number of rotatable bonds is 3. The van der Waals surface area contributed by atoms with Crippen molar-refractivity contribution in [2.45, 2.75) is 25.4 Å². The van der Waals surface area contributed by atoms with E-state index in [2.05, 4.69) is 10.3 Å². The van der Waals surface area contributed by atoms with Crippen molar-refractivity contribution in [2.24, 2.45) is 0 Å². The first-order chi connectivity index (χ1) is 7.34. The molecule has 1 aromatic heterocycles. The van der Waals surface area contributed by atoms with Crippen LogP contribution in [0.15, 0.2) is 18.3 Å². The number of nitrogens with zero attached hydrogens (tertiary/aromatic N) is 1. The number of ether oxygens (including phenoxy) is 1. The molecule has 1 fully saturated rings. The van der Waals surface area contributed by atoms with Gasteiger partial charge in [0, 0.05) is 31.1 Å². The SMILES string of the molecule is Fc1cc(NCC2CCCCO2)ccn1. The number of hydrogen-bond donors (Lipinski definition) is 1. The highest BCUT2D eigenvalue weighted by Gasteiger charge is 2.13. The lowest BCUT2D eigenvalue weighted by Gasteiger charge is -2.23. The molecule has 1 aliphatic rings. The third-order valence-electron chi connectivity index (χ3n) is 2.53. The number of aromatic nitrogens is 1. The summed E-state index contributed by atoms with van der Waals surface area (Å²) in [6.07, 6.45) is 5.17. The minimum atomic E-state index is -0.454. The summed E-state index contributed by atoms with van der Waals surface area (Å²) in [6.45, 7) is 1.58. The second-order valence-corrected chi connectivity index (χ2v) is 3.74. The van der Waals surface area contributed by atoms with Gasteiger partial charge in [0.2, 0.25) is 5.95 Å². The van der Waals surface area contributed by atoms with E-state index in [4.69, 9.17) is 4.74 Å². The van der Waals surface area contributed by atoms with E-state index < -0.39 is 5.95 Å². The van der Waals surface area contributed by atoms with Crippen molar-refractivity contribution in [3.05, 3.63) is 24.3 Å². The Balaban J connectivity index is 1.81. The monoisotopic (exact) mass is 210 g/mol. The van der Waals surface area contributed by atoms with Crippen LogP contribution in [0.1, 0.15) is 19.3 Å². The summed E-state index contributed by atoms with van der Waals surface area (Å²) in [7, 11) is 0. The van der Waals surface area contributed by atoms with Crippen molar-refractivity contribution < 1.29 is 9.13 Å². The van der Waals surface area contributed by atoms with Crippen LogP contribution in [-0.4, -0.2) is 24.2 Å². The zero-order valence-electron chi connectivity index (χ0n) is 8.58. The highest BCUT2D eigenvalue weighted by atomic mass is 19.1. The summed E-state index contributed by atoms with van der Waals surface area (Å²) in [5, 5.41) is 3.15. The highest BCUT2D eigenvalue weighted by Crippen LogP contribution is 2.14. The van der Waals surface area contributed by atoms with Crippen molar-refractivity contribution in [3.63, 3.8) is 0 Å². The van der Waals surface area contributed by atoms with Gasteiger partial charge in [0.15, 0.2) is 0 Å². The van der Waals surface area contributed by atoms with Gasteiger partial charge in [0.05, 0.1) is 6.10 Å². The minimum Gasteiger partial charge on any atom is -0.382 e. The van der Waals surface area contributed by atoms with Crippen molar-refractivity contribution in [1.29, 1.82) is 0 Å². The number of anilines is 1. The fourth-order valence-electron chi connectivity index (χ4n) is 1.71. The summed E-state index contributed by atoms with van der Waals surface area (Å²) in [5.41, 5.74) is 0.761. The Kier molecular flexibility index (Phi) is 3.50. The molecule has 15 heavy (non-hydrogen) atoms. The van der Waals surface area contributed by atoms with Crippen LogP contribution in [-0.2, 0) is 4.74 Å². The summed E-state index contributed by atoms with van der Waals surface area (Å²) >= 11 is 0. The molecule has 1 saturated heterocycles. The molecule has 0 amide bonds. The molecule has 0 aromatic carbocycles. The summed E-state index contributed by atoms with van der Waals surface area (Å²) in [6, 6.07) is 3.15. The Labute approximate surface area is 88.7 Å². The molecular weight excluding hydrogens is 195 g/mol. The summed E-state index contributed by atoms with van der Waals surface area (Å²) in [4.78, 5) is 3.50. The van der Waals surface area contributed by atoms with E-state index in [0.717, 1.165) is 31.7 Å². The summed E-state index contributed by atoms with van der Waals surface area (Å²) in [5.74, 6) is -0.454. The second kappa shape index (κ2) is 5.07. The standard InChI is InChI=1S/C11H15FN2O/c12-11-7-9(4-5-13-11)14-8-10-3-1-2-6-15-10/h4-5,7,10H,1-3,6,8H2,(H,13,14). The lowest BCUT2D eigenvalue weighted by Crippen LogP contribution is -2.26. The van der Waals surface area contributed by atoms with E-state index >= 15 is 0 Å². The number of pyridine rings is 1. The van der Waals surface area contributed by atoms with Crippen LogP contribution in [0.5, 0.6) is 0 Å². The Hall–Kier alpha value is -1.16. The molecule has 1 aliphatic heterocycles. The minimum absolute atomic E-state index is 0.259. The second-order valence-electron chi connectivity index (χ2n) is 3.74. The van der Waals surface area contributed by atoms with Crippen LogP contribution in [0, 0.1) is 5.95 Å². The molecule has 0 spiro atoms. The first kappa shape index (κ1) is 10.4. The maximum Gasteiger partial charge on any atom is 0.214 e.